The van der Waals surface area contributed by atoms with Crippen molar-refractivity contribution in [3.63, 3.8) is 0 Å². The number of rotatable bonds is 1. The Balaban J connectivity index is 1.62. The average Bonchev–Trinajstić information content (AvgIpc) is 3.05. The molecule has 3 aromatic rings. The quantitative estimate of drug-likeness (QED) is 0.668. The van der Waals surface area contributed by atoms with Crippen molar-refractivity contribution < 1.29 is 9.59 Å². The van der Waals surface area contributed by atoms with E-state index < -0.39 is 6.04 Å². The van der Waals surface area contributed by atoms with Crippen molar-refractivity contribution in [2.75, 3.05) is 12.3 Å². The van der Waals surface area contributed by atoms with Crippen LogP contribution in [0.15, 0.2) is 36.5 Å². The highest BCUT2D eigenvalue weighted by molar-refractivity contribution is 6.00. The molecule has 1 aromatic carbocycles. The maximum Gasteiger partial charge on any atom is 0.256 e. The van der Waals surface area contributed by atoms with Crippen LogP contribution in [0.25, 0.3) is 5.65 Å². The van der Waals surface area contributed by atoms with Gasteiger partial charge in [-0.1, -0.05) is 24.3 Å². The highest BCUT2D eigenvalue weighted by atomic mass is 16.2. The minimum absolute atomic E-state index is 0.122. The normalized spacial score (nSPS) is 21.1. The Morgan fingerprint density at radius 2 is 2.07 bits per heavy atom. The van der Waals surface area contributed by atoms with Crippen molar-refractivity contribution in [2.24, 2.45) is 0 Å². The molecule has 5 rings (SSSR count). The van der Waals surface area contributed by atoms with Crippen LogP contribution in [0.4, 0.5) is 5.69 Å². The minimum atomic E-state index is -0.523. The van der Waals surface area contributed by atoms with Crippen LogP contribution < -0.4 is 11.1 Å². The lowest BCUT2D eigenvalue weighted by Gasteiger charge is -2.46. The number of fused-ring (bicyclic) bond motifs is 5. The number of hydrogen-bond donors (Lipinski definition) is 2. The number of hydrogen-bond acceptors (Lipinski definition) is 5. The van der Waals surface area contributed by atoms with Gasteiger partial charge in [0, 0.05) is 19.2 Å². The molecule has 8 heteroatoms. The highest BCUT2D eigenvalue weighted by Gasteiger charge is 2.44. The monoisotopic (exact) mass is 362 g/mol. The third-order valence-corrected chi connectivity index (χ3v) is 5.46. The number of aromatic nitrogens is 3. The third-order valence-electron chi connectivity index (χ3n) is 5.46. The standard InChI is InChI=1S/C19H18N6O2/c1-10-22-23-17-14(20)6-12(9-24(10)17)19(27)25-15-7-11-4-2-3-5-13(11)16(25)8-21-18(15)26/h2-6,9,15-16H,7-8,20H2,1H3,(H,21,26)/t15-,16-/m0/s1. The van der Waals surface area contributed by atoms with Gasteiger partial charge in [-0.2, -0.15) is 0 Å². The molecular weight excluding hydrogens is 344 g/mol. The van der Waals surface area contributed by atoms with Crippen molar-refractivity contribution >= 4 is 23.1 Å². The number of amides is 2. The Hall–Kier alpha value is -3.42. The summed E-state index contributed by atoms with van der Waals surface area (Å²) in [6.45, 7) is 2.20. The van der Waals surface area contributed by atoms with Gasteiger partial charge in [-0.05, 0) is 24.1 Å². The molecule has 0 spiro atoms. The SMILES string of the molecule is Cc1nnc2c(N)cc(C(=O)N3[C@H]4Cc5ccccc5[C@@H]3CNC4=O)cn12. The number of nitrogens with zero attached hydrogens (tertiary/aromatic N) is 4. The molecule has 2 atom stereocenters. The molecule has 27 heavy (non-hydrogen) atoms. The summed E-state index contributed by atoms with van der Waals surface area (Å²) in [6.07, 6.45) is 2.20. The zero-order valence-electron chi connectivity index (χ0n) is 14.7. The maximum atomic E-state index is 13.4. The zero-order chi connectivity index (χ0) is 18.7. The fraction of sp³-hybridized carbons (Fsp3) is 0.263. The molecule has 2 amide bonds. The number of piperazine rings is 1. The van der Waals surface area contributed by atoms with Crippen molar-refractivity contribution in [1.29, 1.82) is 0 Å². The molecule has 0 aliphatic carbocycles. The first-order chi connectivity index (χ1) is 13.0. The van der Waals surface area contributed by atoms with Gasteiger partial charge in [0.15, 0.2) is 5.65 Å². The largest absolute Gasteiger partial charge is 0.396 e. The Morgan fingerprint density at radius 1 is 1.26 bits per heavy atom. The summed E-state index contributed by atoms with van der Waals surface area (Å²) >= 11 is 0. The topological polar surface area (TPSA) is 106 Å². The number of pyridine rings is 1. The lowest BCUT2D eigenvalue weighted by atomic mass is 9.85. The van der Waals surface area contributed by atoms with E-state index in [9.17, 15) is 9.59 Å². The predicted octanol–water partition coefficient (Wildman–Crippen LogP) is 0.858. The minimum Gasteiger partial charge on any atom is -0.396 e. The van der Waals surface area contributed by atoms with Crippen molar-refractivity contribution in [3.05, 3.63) is 59.0 Å². The molecule has 2 aromatic heterocycles. The summed E-state index contributed by atoms with van der Waals surface area (Å²) in [5.41, 5.74) is 9.61. The van der Waals surface area contributed by atoms with E-state index in [1.54, 1.807) is 28.5 Å². The van der Waals surface area contributed by atoms with Crippen LogP contribution in [0.2, 0.25) is 0 Å². The maximum absolute atomic E-state index is 13.4. The van der Waals surface area contributed by atoms with Crippen molar-refractivity contribution in [2.45, 2.75) is 25.4 Å². The van der Waals surface area contributed by atoms with E-state index in [0.717, 1.165) is 11.1 Å². The number of nitrogen functional groups attached to an aromatic ring is 1. The first-order valence-electron chi connectivity index (χ1n) is 8.83. The number of nitrogens with two attached hydrogens (primary N) is 1. The summed E-state index contributed by atoms with van der Waals surface area (Å²) in [6, 6.07) is 8.88. The molecule has 0 unspecified atom stereocenters. The van der Waals surface area contributed by atoms with Gasteiger partial charge in [0.2, 0.25) is 5.91 Å². The van der Waals surface area contributed by atoms with Crippen molar-refractivity contribution in [1.82, 2.24) is 24.8 Å². The van der Waals surface area contributed by atoms with E-state index in [-0.39, 0.29) is 17.9 Å². The molecule has 136 valence electrons. The van der Waals surface area contributed by atoms with Gasteiger partial charge >= 0.3 is 0 Å². The number of nitrogens with one attached hydrogen (secondary N) is 1. The lowest BCUT2D eigenvalue weighted by Crippen LogP contribution is -2.61. The molecule has 1 saturated heterocycles. The molecule has 0 saturated carbocycles. The van der Waals surface area contributed by atoms with Gasteiger partial charge in [0.25, 0.3) is 5.91 Å². The number of carbonyl (C=O) groups excluding carboxylic acids is 2. The number of benzene rings is 1. The number of anilines is 1. The summed E-state index contributed by atoms with van der Waals surface area (Å²) in [5.74, 6) is 0.313. The molecule has 4 heterocycles. The Labute approximate surface area is 155 Å². The smallest absolute Gasteiger partial charge is 0.256 e. The summed E-state index contributed by atoms with van der Waals surface area (Å²) in [5, 5.41) is 11.0. The Kier molecular flexibility index (Phi) is 3.24. The molecule has 2 aliphatic rings. The van der Waals surface area contributed by atoms with E-state index in [1.165, 1.54) is 0 Å². The summed E-state index contributed by atoms with van der Waals surface area (Å²) < 4.78 is 1.70. The van der Waals surface area contributed by atoms with Gasteiger partial charge < -0.3 is 16.0 Å². The predicted molar refractivity (Wildman–Crippen MR) is 98.0 cm³/mol. The second kappa shape index (κ2) is 5.54. The molecule has 0 radical (unpaired) electrons. The van der Waals surface area contributed by atoms with Crippen LogP contribution in [-0.2, 0) is 11.2 Å². The molecule has 2 bridgehead atoms. The van der Waals surface area contributed by atoms with Crippen molar-refractivity contribution in [3.8, 4) is 0 Å². The van der Waals surface area contributed by atoms with Crippen LogP contribution in [0.3, 0.4) is 0 Å². The Bertz CT molecular complexity index is 1100. The highest BCUT2D eigenvalue weighted by Crippen LogP contribution is 2.36. The van der Waals surface area contributed by atoms with Crippen LogP contribution in [0.1, 0.15) is 33.4 Å². The van der Waals surface area contributed by atoms with Gasteiger partial charge in [0.05, 0.1) is 17.3 Å². The van der Waals surface area contributed by atoms with Gasteiger partial charge in [-0.15, -0.1) is 10.2 Å². The lowest BCUT2D eigenvalue weighted by molar-refractivity contribution is -0.130. The first-order valence-corrected chi connectivity index (χ1v) is 8.83. The molecule has 2 aliphatic heterocycles. The summed E-state index contributed by atoms with van der Waals surface area (Å²) in [4.78, 5) is 27.6. The zero-order valence-corrected chi connectivity index (χ0v) is 14.7. The van der Waals surface area contributed by atoms with Gasteiger partial charge in [-0.3, -0.25) is 14.0 Å². The average molecular weight is 362 g/mol. The van der Waals surface area contributed by atoms with E-state index in [0.29, 0.717) is 35.7 Å². The fourth-order valence-corrected chi connectivity index (χ4v) is 4.14. The van der Waals surface area contributed by atoms with E-state index in [2.05, 4.69) is 15.5 Å². The second-order valence-electron chi connectivity index (χ2n) is 7.02. The summed E-state index contributed by atoms with van der Waals surface area (Å²) in [7, 11) is 0. The number of carbonyl (C=O) groups is 2. The van der Waals surface area contributed by atoms with Crippen LogP contribution in [0, 0.1) is 6.92 Å². The second-order valence-corrected chi connectivity index (χ2v) is 7.02. The van der Waals surface area contributed by atoms with E-state index in [1.807, 2.05) is 24.3 Å². The van der Waals surface area contributed by atoms with E-state index in [4.69, 9.17) is 5.73 Å². The first kappa shape index (κ1) is 15.8. The molecular formula is C19H18N6O2. The Morgan fingerprint density at radius 3 is 2.93 bits per heavy atom. The number of aryl methyl sites for hydroxylation is 1. The molecule has 1 fully saturated rings. The van der Waals surface area contributed by atoms with Crippen LogP contribution >= 0.6 is 0 Å². The van der Waals surface area contributed by atoms with E-state index >= 15 is 0 Å². The van der Waals surface area contributed by atoms with Gasteiger partial charge in [0.1, 0.15) is 11.9 Å². The van der Waals surface area contributed by atoms with Crippen LogP contribution in [0.5, 0.6) is 0 Å². The molecule has 3 N–H and O–H groups in total. The van der Waals surface area contributed by atoms with Gasteiger partial charge in [-0.25, -0.2) is 0 Å². The molecule has 8 nitrogen and oxygen atoms in total. The third kappa shape index (κ3) is 2.22. The van der Waals surface area contributed by atoms with Crippen LogP contribution in [-0.4, -0.2) is 43.9 Å². The fourth-order valence-electron chi connectivity index (χ4n) is 4.14.